The van der Waals surface area contributed by atoms with Crippen LogP contribution in [0.15, 0.2) is 45.5 Å². The number of nitrogens with two attached hydrogens (primary N) is 1. The second-order valence-electron chi connectivity index (χ2n) is 3.75. The predicted molar refractivity (Wildman–Crippen MR) is 81.2 cm³/mol. The molecule has 1 heterocycles. The average Bonchev–Trinajstić information content (AvgIpc) is 2.87. The molecule has 0 aliphatic heterocycles. The zero-order valence-electron chi connectivity index (χ0n) is 10.3. The van der Waals surface area contributed by atoms with Gasteiger partial charge in [0.1, 0.15) is 4.90 Å². The fourth-order valence-electron chi connectivity index (χ4n) is 1.61. The molecule has 102 valence electrons. The Bertz CT molecular complexity index is 665. The number of hydrogen-bond acceptors (Lipinski definition) is 5. The summed E-state index contributed by atoms with van der Waals surface area (Å²) in [6.07, 6.45) is 1.94. The molecule has 1 aromatic heterocycles. The van der Waals surface area contributed by atoms with E-state index in [2.05, 4.69) is 4.72 Å². The van der Waals surface area contributed by atoms with Crippen molar-refractivity contribution in [3.8, 4) is 0 Å². The molecule has 0 radical (unpaired) electrons. The minimum Gasteiger partial charge on any atom is -0.326 e. The summed E-state index contributed by atoms with van der Waals surface area (Å²) in [6.45, 7) is 0.221. The monoisotopic (exact) mass is 314 g/mol. The van der Waals surface area contributed by atoms with Crippen LogP contribution in [0.3, 0.4) is 0 Å². The van der Waals surface area contributed by atoms with E-state index in [-0.39, 0.29) is 11.4 Å². The number of thiophene rings is 1. The van der Waals surface area contributed by atoms with Crippen LogP contribution >= 0.6 is 23.1 Å². The number of hydrogen-bond donors (Lipinski definition) is 2. The normalized spacial score (nSPS) is 11.5. The Morgan fingerprint density at radius 3 is 2.84 bits per heavy atom. The summed E-state index contributed by atoms with van der Waals surface area (Å²) < 4.78 is 27.1. The quantitative estimate of drug-likeness (QED) is 0.832. The third-order valence-electron chi connectivity index (χ3n) is 2.50. The minimum absolute atomic E-state index is 0.221. The van der Waals surface area contributed by atoms with Crippen molar-refractivity contribution in [3.05, 3.63) is 40.6 Å². The Morgan fingerprint density at radius 1 is 1.37 bits per heavy atom. The number of thioether (sulfide) groups is 1. The van der Waals surface area contributed by atoms with Crippen molar-refractivity contribution < 1.29 is 8.42 Å². The Labute approximate surface area is 121 Å². The van der Waals surface area contributed by atoms with Crippen LogP contribution in [0.4, 0.5) is 5.69 Å². The summed E-state index contributed by atoms with van der Waals surface area (Å²) in [6, 6.07) is 8.86. The summed E-state index contributed by atoms with van der Waals surface area (Å²) >= 11 is 2.91. The Balaban J connectivity index is 2.31. The minimum atomic E-state index is -3.57. The Hall–Kier alpha value is -1.02. The van der Waals surface area contributed by atoms with E-state index in [0.29, 0.717) is 10.6 Å². The SMILES string of the molecule is CSc1cccc(NS(=O)(=O)c2ccsc2CN)c1. The van der Waals surface area contributed by atoms with Crippen molar-refractivity contribution in [2.45, 2.75) is 16.3 Å². The van der Waals surface area contributed by atoms with Crippen LogP contribution in [0.2, 0.25) is 0 Å². The lowest BCUT2D eigenvalue weighted by atomic mass is 10.3. The molecule has 0 saturated heterocycles. The van der Waals surface area contributed by atoms with Crippen molar-refractivity contribution in [2.75, 3.05) is 11.0 Å². The van der Waals surface area contributed by atoms with Gasteiger partial charge >= 0.3 is 0 Å². The largest absolute Gasteiger partial charge is 0.326 e. The van der Waals surface area contributed by atoms with E-state index < -0.39 is 10.0 Å². The van der Waals surface area contributed by atoms with Gasteiger partial charge < -0.3 is 5.73 Å². The van der Waals surface area contributed by atoms with E-state index in [1.807, 2.05) is 18.4 Å². The van der Waals surface area contributed by atoms with Gasteiger partial charge in [-0.15, -0.1) is 23.1 Å². The topological polar surface area (TPSA) is 72.2 Å². The van der Waals surface area contributed by atoms with Gasteiger partial charge in [-0.2, -0.15) is 0 Å². The van der Waals surface area contributed by atoms with Crippen molar-refractivity contribution in [1.82, 2.24) is 0 Å². The van der Waals surface area contributed by atoms with Crippen molar-refractivity contribution >= 4 is 38.8 Å². The van der Waals surface area contributed by atoms with E-state index in [1.165, 1.54) is 11.3 Å². The molecule has 0 amide bonds. The first-order valence-electron chi connectivity index (χ1n) is 5.50. The molecule has 2 aromatic rings. The maximum atomic E-state index is 12.3. The highest BCUT2D eigenvalue weighted by molar-refractivity contribution is 7.98. The standard InChI is InChI=1S/C12H14N2O2S3/c1-17-10-4-2-3-9(7-10)14-19(15,16)12-5-6-18-11(12)8-13/h2-7,14H,8,13H2,1H3. The highest BCUT2D eigenvalue weighted by atomic mass is 32.2. The maximum Gasteiger partial charge on any atom is 0.263 e. The van der Waals surface area contributed by atoms with Gasteiger partial charge in [-0.3, -0.25) is 4.72 Å². The lowest BCUT2D eigenvalue weighted by Crippen LogP contribution is -2.14. The van der Waals surface area contributed by atoms with Gasteiger partial charge in [0.05, 0.1) is 0 Å². The zero-order valence-corrected chi connectivity index (χ0v) is 12.7. The summed E-state index contributed by atoms with van der Waals surface area (Å²) in [7, 11) is -3.57. The van der Waals surface area contributed by atoms with E-state index in [9.17, 15) is 8.42 Å². The van der Waals surface area contributed by atoms with Crippen LogP contribution in [-0.2, 0) is 16.6 Å². The predicted octanol–water partition coefficient (Wildman–Crippen LogP) is 2.73. The first-order chi connectivity index (χ1) is 9.06. The van der Waals surface area contributed by atoms with Gasteiger partial charge in [-0.1, -0.05) is 6.07 Å². The first kappa shape index (κ1) is 14.4. The third kappa shape index (κ3) is 3.30. The van der Waals surface area contributed by atoms with Crippen LogP contribution in [0.1, 0.15) is 4.88 Å². The molecule has 0 fully saturated rings. The first-order valence-corrected chi connectivity index (χ1v) is 9.09. The van der Waals surface area contributed by atoms with Gasteiger partial charge in [0.25, 0.3) is 10.0 Å². The van der Waals surface area contributed by atoms with Gasteiger partial charge in [0.15, 0.2) is 0 Å². The van der Waals surface area contributed by atoms with Crippen molar-refractivity contribution in [3.63, 3.8) is 0 Å². The smallest absolute Gasteiger partial charge is 0.263 e. The summed E-state index contributed by atoms with van der Waals surface area (Å²) in [5.41, 5.74) is 6.10. The van der Waals surface area contributed by atoms with Gasteiger partial charge in [-0.05, 0) is 35.9 Å². The molecule has 0 aliphatic rings. The molecule has 0 saturated carbocycles. The fourth-order valence-corrected chi connectivity index (χ4v) is 4.46. The second kappa shape index (κ2) is 5.96. The number of anilines is 1. The lowest BCUT2D eigenvalue weighted by Gasteiger charge is -2.09. The summed E-state index contributed by atoms with van der Waals surface area (Å²) in [4.78, 5) is 1.92. The Morgan fingerprint density at radius 2 is 2.16 bits per heavy atom. The van der Waals surface area contributed by atoms with Crippen LogP contribution in [0, 0.1) is 0 Å². The van der Waals surface area contributed by atoms with Crippen LogP contribution in [0.5, 0.6) is 0 Å². The molecule has 1 aromatic carbocycles. The molecule has 2 rings (SSSR count). The molecular formula is C12H14N2O2S3. The Kier molecular flexibility index (Phi) is 4.51. The van der Waals surface area contributed by atoms with Gasteiger partial charge in [-0.25, -0.2) is 8.42 Å². The maximum absolute atomic E-state index is 12.3. The van der Waals surface area contributed by atoms with Crippen LogP contribution < -0.4 is 10.5 Å². The zero-order chi connectivity index (χ0) is 13.9. The number of nitrogens with one attached hydrogen (secondary N) is 1. The summed E-state index contributed by atoms with van der Waals surface area (Å²) in [5, 5.41) is 1.73. The van der Waals surface area contributed by atoms with Gasteiger partial charge in [0.2, 0.25) is 0 Å². The van der Waals surface area contributed by atoms with Crippen LogP contribution in [-0.4, -0.2) is 14.7 Å². The van der Waals surface area contributed by atoms with E-state index in [1.54, 1.807) is 35.3 Å². The molecule has 4 nitrogen and oxygen atoms in total. The van der Waals surface area contributed by atoms with E-state index in [4.69, 9.17) is 5.73 Å². The number of benzene rings is 1. The molecule has 19 heavy (non-hydrogen) atoms. The van der Waals surface area contributed by atoms with Gasteiger partial charge in [0, 0.05) is 22.0 Å². The number of sulfonamides is 1. The molecule has 0 aliphatic carbocycles. The highest BCUT2D eigenvalue weighted by Gasteiger charge is 2.19. The van der Waals surface area contributed by atoms with Crippen LogP contribution in [0.25, 0.3) is 0 Å². The number of rotatable bonds is 5. The molecule has 0 bridgehead atoms. The molecule has 7 heteroatoms. The van der Waals surface area contributed by atoms with Crippen molar-refractivity contribution in [1.29, 1.82) is 0 Å². The van der Waals surface area contributed by atoms with E-state index >= 15 is 0 Å². The molecule has 0 atom stereocenters. The molecule has 0 unspecified atom stereocenters. The fraction of sp³-hybridized carbons (Fsp3) is 0.167. The average molecular weight is 314 g/mol. The summed E-state index contributed by atoms with van der Waals surface area (Å²) in [5.74, 6) is 0. The molecule has 0 spiro atoms. The lowest BCUT2D eigenvalue weighted by molar-refractivity contribution is 0.600. The van der Waals surface area contributed by atoms with Crippen molar-refractivity contribution in [2.24, 2.45) is 5.73 Å². The third-order valence-corrected chi connectivity index (χ3v) is 5.77. The highest BCUT2D eigenvalue weighted by Crippen LogP contribution is 2.25. The molecular weight excluding hydrogens is 300 g/mol. The molecule has 3 N–H and O–H groups in total. The second-order valence-corrected chi connectivity index (χ2v) is 7.28. The van der Waals surface area contributed by atoms with E-state index in [0.717, 1.165) is 4.90 Å².